The number of aromatic nitrogens is 4. The summed E-state index contributed by atoms with van der Waals surface area (Å²) in [6.45, 7) is 7.60. The summed E-state index contributed by atoms with van der Waals surface area (Å²) in [7, 11) is 0. The molecule has 1 aromatic rings. The van der Waals surface area contributed by atoms with Crippen molar-refractivity contribution in [2.24, 2.45) is 5.41 Å². The van der Waals surface area contributed by atoms with Crippen LogP contribution in [0.1, 0.15) is 39.5 Å². The normalized spacial score (nSPS) is 19.5. The van der Waals surface area contributed by atoms with Crippen molar-refractivity contribution >= 4 is 11.8 Å². The van der Waals surface area contributed by atoms with E-state index in [-0.39, 0.29) is 17.2 Å². The molecule has 25 heavy (non-hydrogen) atoms. The average molecular weight is 346 g/mol. The van der Waals surface area contributed by atoms with Crippen molar-refractivity contribution in [3.63, 3.8) is 0 Å². The first-order valence-electron chi connectivity index (χ1n) is 8.87. The van der Waals surface area contributed by atoms with Crippen LogP contribution in [0.3, 0.4) is 0 Å². The molecule has 2 amide bonds. The van der Waals surface area contributed by atoms with Crippen LogP contribution in [0.5, 0.6) is 0 Å². The van der Waals surface area contributed by atoms with Crippen LogP contribution in [-0.2, 0) is 16.1 Å². The number of nitrogens with zero attached hydrogens (tertiary/aromatic N) is 6. The maximum atomic E-state index is 12.4. The third-order valence-electron chi connectivity index (χ3n) is 5.25. The predicted molar refractivity (Wildman–Crippen MR) is 91.3 cm³/mol. The Labute approximate surface area is 147 Å². The Hall–Kier alpha value is -2.25. The molecule has 8 heteroatoms. The van der Waals surface area contributed by atoms with E-state index in [0.29, 0.717) is 25.9 Å². The molecule has 8 nitrogen and oxygen atoms in total. The highest BCUT2D eigenvalue weighted by molar-refractivity contribution is 5.80. The van der Waals surface area contributed by atoms with Gasteiger partial charge in [-0.05, 0) is 37.1 Å². The van der Waals surface area contributed by atoms with E-state index in [9.17, 15) is 9.59 Å². The molecule has 0 unspecified atom stereocenters. The second-order valence-corrected chi connectivity index (χ2v) is 7.44. The predicted octanol–water partition coefficient (Wildman–Crippen LogP) is 0.870. The Morgan fingerprint density at radius 2 is 2.08 bits per heavy atom. The minimum atomic E-state index is 0.0547. The van der Waals surface area contributed by atoms with Gasteiger partial charge in [-0.3, -0.25) is 9.59 Å². The molecule has 1 spiro atoms. The summed E-state index contributed by atoms with van der Waals surface area (Å²) in [5, 5.41) is 10.9. The molecule has 2 aliphatic rings. The van der Waals surface area contributed by atoms with E-state index in [1.807, 2.05) is 9.80 Å². The molecule has 3 rings (SSSR count). The fraction of sp³-hybridized carbons (Fsp3) is 0.706. The van der Waals surface area contributed by atoms with Gasteiger partial charge in [0.25, 0.3) is 0 Å². The van der Waals surface area contributed by atoms with Gasteiger partial charge in [-0.2, -0.15) is 0 Å². The van der Waals surface area contributed by atoms with Gasteiger partial charge < -0.3 is 9.80 Å². The van der Waals surface area contributed by atoms with Crippen molar-refractivity contribution in [2.75, 3.05) is 26.2 Å². The molecular formula is C17H26N6O2. The van der Waals surface area contributed by atoms with Crippen molar-refractivity contribution in [3.8, 4) is 0 Å². The molecule has 2 saturated heterocycles. The van der Waals surface area contributed by atoms with Crippen molar-refractivity contribution in [3.05, 3.63) is 18.0 Å². The van der Waals surface area contributed by atoms with Crippen LogP contribution in [0.4, 0.5) is 0 Å². The van der Waals surface area contributed by atoms with Gasteiger partial charge >= 0.3 is 0 Å². The zero-order valence-corrected chi connectivity index (χ0v) is 15.0. The molecule has 3 heterocycles. The number of rotatable bonds is 5. The largest absolute Gasteiger partial charge is 0.343 e. The van der Waals surface area contributed by atoms with E-state index < -0.39 is 0 Å². The van der Waals surface area contributed by atoms with E-state index in [2.05, 4.69) is 35.4 Å². The van der Waals surface area contributed by atoms with Gasteiger partial charge in [0.15, 0.2) is 0 Å². The SMILES string of the molecule is CC(C)=CCN1CC2(CCN(C(=O)CCn3cnnn3)CC2)CC1=O. The number of hydrogen-bond acceptors (Lipinski definition) is 5. The van der Waals surface area contributed by atoms with Crippen molar-refractivity contribution in [2.45, 2.75) is 46.1 Å². The van der Waals surface area contributed by atoms with Crippen molar-refractivity contribution in [1.82, 2.24) is 30.0 Å². The number of carbonyl (C=O) groups is 2. The number of hydrogen-bond donors (Lipinski definition) is 0. The zero-order chi connectivity index (χ0) is 17.9. The number of allylic oxidation sites excluding steroid dienone is 1. The van der Waals surface area contributed by atoms with Crippen LogP contribution in [0, 0.1) is 5.41 Å². The van der Waals surface area contributed by atoms with Gasteiger partial charge in [-0.25, -0.2) is 4.68 Å². The summed E-state index contributed by atoms with van der Waals surface area (Å²) >= 11 is 0. The molecule has 0 aromatic carbocycles. The summed E-state index contributed by atoms with van der Waals surface area (Å²) in [5.74, 6) is 0.382. The first-order chi connectivity index (χ1) is 12.0. The highest BCUT2D eigenvalue weighted by atomic mass is 16.2. The zero-order valence-electron chi connectivity index (χ0n) is 15.0. The minimum absolute atomic E-state index is 0.0547. The van der Waals surface area contributed by atoms with Crippen LogP contribution in [0.2, 0.25) is 0 Å². The van der Waals surface area contributed by atoms with Gasteiger partial charge in [-0.15, -0.1) is 5.10 Å². The fourth-order valence-electron chi connectivity index (χ4n) is 3.66. The van der Waals surface area contributed by atoms with Gasteiger partial charge in [0.2, 0.25) is 11.8 Å². The lowest BCUT2D eigenvalue weighted by atomic mass is 9.77. The molecule has 2 aliphatic heterocycles. The van der Waals surface area contributed by atoms with E-state index in [0.717, 1.165) is 32.5 Å². The van der Waals surface area contributed by atoms with Crippen LogP contribution in [0.25, 0.3) is 0 Å². The summed E-state index contributed by atoms with van der Waals surface area (Å²) in [5.41, 5.74) is 1.29. The Bertz CT molecular complexity index is 642. The third-order valence-corrected chi connectivity index (χ3v) is 5.25. The lowest BCUT2D eigenvalue weighted by Crippen LogP contribution is -2.44. The molecule has 136 valence electrons. The van der Waals surface area contributed by atoms with E-state index in [4.69, 9.17) is 0 Å². The van der Waals surface area contributed by atoms with Gasteiger partial charge in [0, 0.05) is 44.4 Å². The number of tetrazole rings is 1. The third kappa shape index (κ3) is 4.24. The lowest BCUT2D eigenvalue weighted by molar-refractivity contribution is -0.133. The van der Waals surface area contributed by atoms with Crippen LogP contribution < -0.4 is 0 Å². The lowest BCUT2D eigenvalue weighted by Gasteiger charge is -2.38. The summed E-state index contributed by atoms with van der Waals surface area (Å²) in [6, 6.07) is 0. The van der Waals surface area contributed by atoms with E-state index >= 15 is 0 Å². The van der Waals surface area contributed by atoms with Crippen molar-refractivity contribution < 1.29 is 9.59 Å². The number of aryl methyl sites for hydroxylation is 1. The number of likely N-dealkylation sites (tertiary alicyclic amines) is 2. The minimum Gasteiger partial charge on any atom is -0.343 e. The number of piperidine rings is 1. The molecule has 0 N–H and O–H groups in total. The summed E-state index contributed by atoms with van der Waals surface area (Å²) < 4.78 is 1.57. The van der Waals surface area contributed by atoms with Crippen molar-refractivity contribution in [1.29, 1.82) is 0 Å². The number of carbonyl (C=O) groups excluding carboxylic acids is 2. The Morgan fingerprint density at radius 1 is 1.32 bits per heavy atom. The monoisotopic (exact) mass is 346 g/mol. The molecule has 0 radical (unpaired) electrons. The first kappa shape index (κ1) is 17.6. The topological polar surface area (TPSA) is 84.2 Å². The molecule has 2 fully saturated rings. The van der Waals surface area contributed by atoms with Gasteiger partial charge in [0.1, 0.15) is 6.33 Å². The molecule has 1 aromatic heterocycles. The first-order valence-corrected chi connectivity index (χ1v) is 8.87. The van der Waals surface area contributed by atoms with Crippen LogP contribution in [0.15, 0.2) is 18.0 Å². The molecule has 0 bridgehead atoms. The van der Waals surface area contributed by atoms with Crippen LogP contribution >= 0.6 is 0 Å². The summed E-state index contributed by atoms with van der Waals surface area (Å²) in [6.07, 6.45) is 6.46. The maximum absolute atomic E-state index is 12.4. The molecular weight excluding hydrogens is 320 g/mol. The van der Waals surface area contributed by atoms with Gasteiger partial charge in [0.05, 0.1) is 6.54 Å². The Kier molecular flexibility index (Phi) is 5.15. The fourth-order valence-corrected chi connectivity index (χ4v) is 3.66. The van der Waals surface area contributed by atoms with E-state index in [1.54, 1.807) is 4.68 Å². The second-order valence-electron chi connectivity index (χ2n) is 7.44. The Morgan fingerprint density at radius 3 is 2.72 bits per heavy atom. The summed E-state index contributed by atoms with van der Waals surface area (Å²) in [4.78, 5) is 28.5. The quantitative estimate of drug-likeness (QED) is 0.739. The maximum Gasteiger partial charge on any atom is 0.224 e. The highest BCUT2D eigenvalue weighted by Crippen LogP contribution is 2.41. The van der Waals surface area contributed by atoms with Gasteiger partial charge in [-0.1, -0.05) is 11.6 Å². The van der Waals surface area contributed by atoms with E-state index in [1.165, 1.54) is 11.9 Å². The average Bonchev–Trinajstić information content (AvgIpc) is 3.20. The molecule has 0 aliphatic carbocycles. The number of amides is 2. The standard InChI is InChI=1S/C17H26N6O2/c1-14(2)3-7-22-12-17(11-16(22)25)5-9-21(10-6-17)15(24)4-8-23-13-18-19-20-23/h3,13H,4-12H2,1-2H3. The Balaban J connectivity index is 1.49. The molecule has 0 saturated carbocycles. The smallest absolute Gasteiger partial charge is 0.224 e. The second kappa shape index (κ2) is 7.33. The molecule has 0 atom stereocenters. The highest BCUT2D eigenvalue weighted by Gasteiger charge is 2.44. The van der Waals surface area contributed by atoms with Crippen LogP contribution in [-0.4, -0.2) is 68.0 Å².